The van der Waals surface area contributed by atoms with E-state index in [0.29, 0.717) is 0 Å². The highest BCUT2D eigenvalue weighted by atomic mass is 31.2. The highest BCUT2D eigenvalue weighted by molar-refractivity contribution is 7.47. The van der Waals surface area contributed by atoms with Crippen molar-refractivity contribution in [2.24, 2.45) is 0 Å². The molecule has 7 heteroatoms. The number of aromatic nitrogens is 2. The number of hydrogen-bond acceptors (Lipinski definition) is 4. The minimum Gasteiger partial charge on any atom is -0.349 e. The fourth-order valence-corrected chi connectivity index (χ4v) is 1.74. The number of aromatic amines is 1. The van der Waals surface area contributed by atoms with Crippen molar-refractivity contribution < 1.29 is 18.5 Å². The molecule has 0 saturated carbocycles. The summed E-state index contributed by atoms with van der Waals surface area (Å²) in [5.41, 5.74) is 1.14. The monoisotopic (exact) mass is 264 g/mol. The summed E-state index contributed by atoms with van der Waals surface area (Å²) in [4.78, 5) is 15.8. The molecule has 0 aliphatic rings. The maximum absolute atomic E-state index is 10.5. The first-order valence-corrected chi connectivity index (χ1v) is 7.07. The Hall–Kier alpha value is -0.680. The van der Waals surface area contributed by atoms with Crippen LogP contribution in [0.2, 0.25) is 0 Å². The Kier molecular flexibility index (Phi) is 8.08. The van der Waals surface area contributed by atoms with Crippen LogP contribution in [-0.4, -0.2) is 28.1 Å². The number of nitrogens with one attached hydrogen (secondary N) is 1. The molecular formula is C10H21N2O4P. The van der Waals surface area contributed by atoms with Gasteiger partial charge < -0.3 is 9.88 Å². The minimum absolute atomic E-state index is 0.188. The van der Waals surface area contributed by atoms with Crippen molar-refractivity contribution in [2.45, 2.75) is 34.1 Å². The third kappa shape index (κ3) is 8.10. The lowest BCUT2D eigenvalue weighted by Gasteiger charge is -2.07. The molecule has 1 rings (SSSR count). The summed E-state index contributed by atoms with van der Waals surface area (Å²) in [7, 11) is -3.69. The van der Waals surface area contributed by atoms with Crippen LogP contribution in [0.4, 0.5) is 0 Å². The predicted octanol–water partition coefficient (Wildman–Crippen LogP) is 2.44. The van der Waals surface area contributed by atoms with E-state index >= 15 is 0 Å². The van der Waals surface area contributed by atoms with Gasteiger partial charge in [0.25, 0.3) is 0 Å². The number of rotatable bonds is 5. The van der Waals surface area contributed by atoms with Gasteiger partial charge in [0.15, 0.2) is 0 Å². The van der Waals surface area contributed by atoms with Gasteiger partial charge in [0, 0.05) is 6.20 Å². The van der Waals surface area contributed by atoms with E-state index in [2.05, 4.69) is 25.9 Å². The zero-order valence-electron chi connectivity index (χ0n) is 10.8. The quantitative estimate of drug-likeness (QED) is 0.798. The van der Waals surface area contributed by atoms with Crippen LogP contribution < -0.4 is 0 Å². The molecule has 1 aromatic rings. The van der Waals surface area contributed by atoms with E-state index in [1.165, 1.54) is 0 Å². The molecule has 0 unspecified atom stereocenters. The molecule has 1 aromatic heterocycles. The van der Waals surface area contributed by atoms with Gasteiger partial charge in [0.2, 0.25) is 0 Å². The smallest absolute Gasteiger partial charge is 0.349 e. The van der Waals surface area contributed by atoms with E-state index in [4.69, 9.17) is 4.89 Å². The van der Waals surface area contributed by atoms with Crippen molar-refractivity contribution in [3.63, 3.8) is 0 Å². The summed E-state index contributed by atoms with van der Waals surface area (Å²) in [6.07, 6.45) is 2.96. The number of H-pyrrole nitrogens is 1. The fourth-order valence-electron chi connectivity index (χ4n) is 1.01. The highest BCUT2D eigenvalue weighted by Gasteiger charge is 2.17. The van der Waals surface area contributed by atoms with Crippen LogP contribution in [0, 0.1) is 6.92 Å². The highest BCUT2D eigenvalue weighted by Crippen LogP contribution is 2.42. The molecule has 0 saturated heterocycles. The first-order chi connectivity index (χ1) is 7.95. The molecule has 0 radical (unpaired) electrons. The first kappa shape index (κ1) is 16.3. The lowest BCUT2D eigenvalue weighted by molar-refractivity contribution is 0.161. The summed E-state index contributed by atoms with van der Waals surface area (Å²) in [5.74, 6) is 1.00. The molecule has 1 heterocycles. The van der Waals surface area contributed by atoms with Crippen LogP contribution in [0.5, 0.6) is 0 Å². The predicted molar refractivity (Wildman–Crippen MR) is 65.8 cm³/mol. The van der Waals surface area contributed by atoms with Crippen LogP contribution in [-0.2, 0) is 20.0 Å². The third-order valence-electron chi connectivity index (χ3n) is 1.71. The van der Waals surface area contributed by atoms with Gasteiger partial charge >= 0.3 is 7.82 Å². The standard InChI is InChI=1S/C6H10N2.C4H11O4P/c1-3-6-4-7-5(2)8-6;1-3-7-9(5,6)8-4-2/h4H,3H2,1-2H3,(H,7,8);3-4H2,1-2H3,(H,5,6). The van der Waals surface area contributed by atoms with Crippen molar-refractivity contribution in [2.75, 3.05) is 13.2 Å². The SMILES string of the molecule is CCOP(=O)(O)OCC.CCc1c[nH]c(C)n1. The average Bonchev–Trinajstić information content (AvgIpc) is 2.65. The van der Waals surface area contributed by atoms with Gasteiger partial charge in [-0.15, -0.1) is 0 Å². The number of aryl methyl sites for hydroxylation is 2. The molecule has 0 spiro atoms. The average molecular weight is 264 g/mol. The Morgan fingerprint density at radius 1 is 1.35 bits per heavy atom. The molecule has 17 heavy (non-hydrogen) atoms. The van der Waals surface area contributed by atoms with Gasteiger partial charge in [-0.2, -0.15) is 0 Å². The van der Waals surface area contributed by atoms with Gasteiger partial charge in [0.1, 0.15) is 5.82 Å². The van der Waals surface area contributed by atoms with Gasteiger partial charge in [0.05, 0.1) is 18.9 Å². The Morgan fingerprint density at radius 2 is 1.88 bits per heavy atom. The normalized spacial score (nSPS) is 10.9. The zero-order chi connectivity index (χ0) is 13.3. The fraction of sp³-hybridized carbons (Fsp3) is 0.700. The topological polar surface area (TPSA) is 84.4 Å². The number of phosphoric ester groups is 1. The molecule has 0 bridgehead atoms. The molecule has 0 aliphatic carbocycles. The molecule has 0 atom stereocenters. The second-order valence-electron chi connectivity index (χ2n) is 3.13. The second kappa shape index (κ2) is 8.42. The van der Waals surface area contributed by atoms with E-state index < -0.39 is 7.82 Å². The minimum atomic E-state index is -3.69. The van der Waals surface area contributed by atoms with Crippen LogP contribution in [0.1, 0.15) is 32.3 Å². The van der Waals surface area contributed by atoms with E-state index in [-0.39, 0.29) is 13.2 Å². The zero-order valence-corrected chi connectivity index (χ0v) is 11.7. The molecule has 0 aromatic carbocycles. The molecule has 100 valence electrons. The Balaban J connectivity index is 0.000000302. The Morgan fingerprint density at radius 3 is 2.12 bits per heavy atom. The number of nitrogens with zero attached hydrogens (tertiary/aromatic N) is 1. The van der Waals surface area contributed by atoms with Crippen molar-refractivity contribution in [3.8, 4) is 0 Å². The number of phosphoric acid groups is 1. The van der Waals surface area contributed by atoms with Crippen molar-refractivity contribution >= 4 is 7.82 Å². The van der Waals surface area contributed by atoms with Crippen molar-refractivity contribution in [3.05, 3.63) is 17.7 Å². The first-order valence-electron chi connectivity index (χ1n) is 5.57. The number of hydrogen-bond donors (Lipinski definition) is 2. The van der Waals surface area contributed by atoms with Gasteiger partial charge in [-0.1, -0.05) is 6.92 Å². The molecule has 0 fully saturated rings. The van der Waals surface area contributed by atoms with Gasteiger partial charge in [-0.25, -0.2) is 9.55 Å². The maximum atomic E-state index is 10.5. The van der Waals surface area contributed by atoms with Crippen molar-refractivity contribution in [1.29, 1.82) is 0 Å². The summed E-state index contributed by atoms with van der Waals surface area (Å²) in [6.45, 7) is 7.68. The van der Waals surface area contributed by atoms with E-state index in [9.17, 15) is 4.57 Å². The van der Waals surface area contributed by atoms with Crippen molar-refractivity contribution in [1.82, 2.24) is 9.97 Å². The van der Waals surface area contributed by atoms with Gasteiger partial charge in [-0.3, -0.25) is 9.05 Å². The number of imidazole rings is 1. The molecular weight excluding hydrogens is 243 g/mol. The second-order valence-corrected chi connectivity index (χ2v) is 4.59. The summed E-state index contributed by atoms with van der Waals surface area (Å²) in [5, 5.41) is 0. The summed E-state index contributed by atoms with van der Waals surface area (Å²) < 4.78 is 19.2. The third-order valence-corrected chi connectivity index (χ3v) is 2.87. The van der Waals surface area contributed by atoms with Crippen LogP contribution in [0.15, 0.2) is 6.20 Å². The molecule has 2 N–H and O–H groups in total. The lowest BCUT2D eigenvalue weighted by atomic mass is 10.4. The summed E-state index contributed by atoms with van der Waals surface area (Å²) >= 11 is 0. The van der Waals surface area contributed by atoms with E-state index in [1.807, 2.05) is 13.1 Å². The van der Waals surface area contributed by atoms with E-state index in [0.717, 1.165) is 17.9 Å². The largest absolute Gasteiger partial charge is 0.472 e. The molecule has 0 aliphatic heterocycles. The Labute approximate surface area is 102 Å². The van der Waals surface area contributed by atoms with Gasteiger partial charge in [-0.05, 0) is 27.2 Å². The lowest BCUT2D eigenvalue weighted by Crippen LogP contribution is -1.93. The van der Waals surface area contributed by atoms with Crippen LogP contribution in [0.3, 0.4) is 0 Å². The molecule has 6 nitrogen and oxygen atoms in total. The van der Waals surface area contributed by atoms with Crippen LogP contribution >= 0.6 is 7.82 Å². The molecule has 0 amide bonds. The maximum Gasteiger partial charge on any atom is 0.472 e. The van der Waals surface area contributed by atoms with Crippen LogP contribution in [0.25, 0.3) is 0 Å². The Bertz CT molecular complexity index is 344. The summed E-state index contributed by atoms with van der Waals surface area (Å²) in [6, 6.07) is 0. The van der Waals surface area contributed by atoms with E-state index in [1.54, 1.807) is 13.8 Å².